The van der Waals surface area contributed by atoms with Gasteiger partial charge in [-0.3, -0.25) is 0 Å². The number of ether oxygens (including phenoxy) is 1. The van der Waals surface area contributed by atoms with Crippen molar-refractivity contribution in [1.29, 1.82) is 0 Å². The lowest BCUT2D eigenvalue weighted by molar-refractivity contribution is 0.185. The van der Waals surface area contributed by atoms with Crippen LogP contribution in [-0.2, 0) is 17.8 Å². The van der Waals surface area contributed by atoms with Crippen LogP contribution in [0.15, 0.2) is 24.3 Å². The zero-order chi connectivity index (χ0) is 13.0. The third-order valence-corrected chi connectivity index (χ3v) is 2.75. The molecular formula is C13H18N4O. The normalized spacial score (nSPS) is 10.8. The van der Waals surface area contributed by atoms with E-state index in [0.29, 0.717) is 12.4 Å². The SMILES string of the molecule is CCCc1c(N)nnn1-c1cccc(COC)c1. The lowest BCUT2D eigenvalue weighted by Crippen LogP contribution is -2.04. The van der Waals surface area contributed by atoms with E-state index < -0.39 is 0 Å². The van der Waals surface area contributed by atoms with E-state index in [2.05, 4.69) is 17.2 Å². The van der Waals surface area contributed by atoms with E-state index in [0.717, 1.165) is 29.8 Å². The van der Waals surface area contributed by atoms with Crippen molar-refractivity contribution in [2.75, 3.05) is 12.8 Å². The molecular weight excluding hydrogens is 228 g/mol. The molecule has 0 aliphatic heterocycles. The summed E-state index contributed by atoms with van der Waals surface area (Å²) in [4.78, 5) is 0. The van der Waals surface area contributed by atoms with Crippen molar-refractivity contribution in [2.45, 2.75) is 26.4 Å². The third kappa shape index (κ3) is 2.51. The van der Waals surface area contributed by atoms with E-state index in [-0.39, 0.29) is 0 Å². The first-order valence-corrected chi connectivity index (χ1v) is 6.04. The first-order chi connectivity index (χ1) is 8.76. The van der Waals surface area contributed by atoms with Crippen LogP contribution < -0.4 is 5.73 Å². The van der Waals surface area contributed by atoms with E-state index in [4.69, 9.17) is 10.5 Å². The minimum Gasteiger partial charge on any atom is -0.381 e. The molecule has 0 unspecified atom stereocenters. The van der Waals surface area contributed by atoms with Gasteiger partial charge in [-0.05, 0) is 24.1 Å². The van der Waals surface area contributed by atoms with Gasteiger partial charge in [0.05, 0.1) is 18.0 Å². The van der Waals surface area contributed by atoms with Gasteiger partial charge in [0.25, 0.3) is 0 Å². The maximum atomic E-state index is 5.84. The lowest BCUT2D eigenvalue weighted by Gasteiger charge is -2.07. The first kappa shape index (κ1) is 12.6. The summed E-state index contributed by atoms with van der Waals surface area (Å²) >= 11 is 0. The van der Waals surface area contributed by atoms with Gasteiger partial charge in [0.15, 0.2) is 5.82 Å². The molecule has 1 aromatic carbocycles. The number of hydrogen-bond acceptors (Lipinski definition) is 4. The number of aromatic nitrogens is 3. The molecule has 0 saturated heterocycles. The van der Waals surface area contributed by atoms with Gasteiger partial charge < -0.3 is 10.5 Å². The van der Waals surface area contributed by atoms with Crippen LogP contribution in [0.3, 0.4) is 0 Å². The number of rotatable bonds is 5. The van der Waals surface area contributed by atoms with Crippen LogP contribution in [0.4, 0.5) is 5.82 Å². The number of methoxy groups -OCH3 is 1. The number of nitrogens with zero attached hydrogens (tertiary/aromatic N) is 3. The van der Waals surface area contributed by atoms with Gasteiger partial charge in [0.1, 0.15) is 0 Å². The molecule has 0 aliphatic rings. The highest BCUT2D eigenvalue weighted by Crippen LogP contribution is 2.17. The molecule has 0 fully saturated rings. The van der Waals surface area contributed by atoms with Gasteiger partial charge in [-0.1, -0.05) is 30.7 Å². The van der Waals surface area contributed by atoms with E-state index in [9.17, 15) is 0 Å². The van der Waals surface area contributed by atoms with Crippen LogP contribution in [0.2, 0.25) is 0 Å². The monoisotopic (exact) mass is 246 g/mol. The Morgan fingerprint density at radius 1 is 1.39 bits per heavy atom. The number of nitrogen functional groups attached to an aromatic ring is 1. The summed E-state index contributed by atoms with van der Waals surface area (Å²) in [5.74, 6) is 0.508. The molecule has 0 atom stereocenters. The van der Waals surface area contributed by atoms with Gasteiger partial charge >= 0.3 is 0 Å². The zero-order valence-electron chi connectivity index (χ0n) is 10.8. The average molecular weight is 246 g/mol. The Morgan fingerprint density at radius 2 is 2.22 bits per heavy atom. The number of nitrogens with two attached hydrogens (primary N) is 1. The van der Waals surface area contributed by atoms with Crippen LogP contribution in [0, 0.1) is 0 Å². The molecule has 5 nitrogen and oxygen atoms in total. The topological polar surface area (TPSA) is 66.0 Å². The van der Waals surface area contributed by atoms with Gasteiger partial charge in [-0.25, -0.2) is 4.68 Å². The Hall–Kier alpha value is -1.88. The molecule has 0 saturated carbocycles. The summed E-state index contributed by atoms with van der Waals surface area (Å²) in [6.45, 7) is 2.69. The predicted octanol–water partition coefficient (Wildman–Crippen LogP) is 1.95. The summed E-state index contributed by atoms with van der Waals surface area (Å²) in [6, 6.07) is 8.04. The Kier molecular flexibility index (Phi) is 3.94. The van der Waals surface area contributed by atoms with Gasteiger partial charge in [0.2, 0.25) is 0 Å². The van der Waals surface area contributed by atoms with Crippen molar-refractivity contribution >= 4 is 5.82 Å². The second-order valence-electron chi connectivity index (χ2n) is 4.19. The molecule has 0 radical (unpaired) electrons. The fourth-order valence-electron chi connectivity index (χ4n) is 1.94. The van der Waals surface area contributed by atoms with Crippen LogP contribution in [0.25, 0.3) is 5.69 Å². The summed E-state index contributed by atoms with van der Waals surface area (Å²) in [6.07, 6.45) is 1.88. The van der Waals surface area contributed by atoms with Crippen molar-refractivity contribution in [3.8, 4) is 5.69 Å². The minimum atomic E-state index is 0.508. The summed E-state index contributed by atoms with van der Waals surface area (Å²) in [5.41, 5.74) is 8.88. The molecule has 0 bridgehead atoms. The minimum absolute atomic E-state index is 0.508. The Labute approximate surface area is 107 Å². The first-order valence-electron chi connectivity index (χ1n) is 6.04. The van der Waals surface area contributed by atoms with Crippen molar-refractivity contribution < 1.29 is 4.74 Å². The van der Waals surface area contributed by atoms with Gasteiger partial charge in [-0.2, -0.15) is 0 Å². The summed E-state index contributed by atoms with van der Waals surface area (Å²) < 4.78 is 6.94. The fourth-order valence-corrected chi connectivity index (χ4v) is 1.94. The van der Waals surface area contributed by atoms with Crippen LogP contribution in [0.5, 0.6) is 0 Å². The maximum Gasteiger partial charge on any atom is 0.169 e. The molecule has 2 aromatic rings. The fraction of sp³-hybridized carbons (Fsp3) is 0.385. The molecule has 1 heterocycles. The van der Waals surface area contributed by atoms with Gasteiger partial charge in [-0.15, -0.1) is 5.10 Å². The van der Waals surface area contributed by atoms with Crippen molar-refractivity contribution in [1.82, 2.24) is 15.0 Å². The highest BCUT2D eigenvalue weighted by molar-refractivity contribution is 5.42. The largest absolute Gasteiger partial charge is 0.381 e. The quantitative estimate of drug-likeness (QED) is 0.875. The Bertz CT molecular complexity index is 521. The summed E-state index contributed by atoms with van der Waals surface area (Å²) in [5, 5.41) is 8.05. The molecule has 0 spiro atoms. The highest BCUT2D eigenvalue weighted by atomic mass is 16.5. The van der Waals surface area contributed by atoms with E-state index >= 15 is 0 Å². The van der Waals surface area contributed by atoms with Crippen LogP contribution in [-0.4, -0.2) is 22.1 Å². The number of anilines is 1. The molecule has 0 aliphatic carbocycles. The van der Waals surface area contributed by atoms with Crippen molar-refractivity contribution in [2.24, 2.45) is 0 Å². The van der Waals surface area contributed by atoms with Crippen molar-refractivity contribution in [3.05, 3.63) is 35.5 Å². The second kappa shape index (κ2) is 5.64. The smallest absolute Gasteiger partial charge is 0.169 e. The zero-order valence-corrected chi connectivity index (χ0v) is 10.8. The Morgan fingerprint density at radius 3 is 2.94 bits per heavy atom. The van der Waals surface area contributed by atoms with E-state index in [1.807, 2.05) is 24.3 Å². The Balaban J connectivity index is 2.38. The van der Waals surface area contributed by atoms with E-state index in [1.54, 1.807) is 11.8 Å². The predicted molar refractivity (Wildman–Crippen MR) is 70.5 cm³/mol. The molecule has 2 rings (SSSR count). The molecule has 18 heavy (non-hydrogen) atoms. The van der Waals surface area contributed by atoms with Crippen molar-refractivity contribution in [3.63, 3.8) is 0 Å². The van der Waals surface area contributed by atoms with Gasteiger partial charge in [0, 0.05) is 7.11 Å². The standard InChI is InChI=1S/C13H18N4O/c1-3-5-12-13(14)15-16-17(12)11-7-4-6-10(8-11)9-18-2/h4,6-8H,3,5,9,14H2,1-2H3. The molecule has 5 heteroatoms. The maximum absolute atomic E-state index is 5.84. The highest BCUT2D eigenvalue weighted by Gasteiger charge is 2.11. The average Bonchev–Trinajstić information content (AvgIpc) is 2.73. The number of hydrogen-bond donors (Lipinski definition) is 1. The van der Waals surface area contributed by atoms with E-state index in [1.165, 1.54) is 0 Å². The molecule has 1 aromatic heterocycles. The lowest BCUT2D eigenvalue weighted by atomic mass is 10.2. The second-order valence-corrected chi connectivity index (χ2v) is 4.19. The third-order valence-electron chi connectivity index (χ3n) is 2.75. The molecule has 96 valence electrons. The molecule has 2 N–H and O–H groups in total. The van der Waals surface area contributed by atoms with Crippen LogP contribution in [0.1, 0.15) is 24.6 Å². The number of benzene rings is 1. The van der Waals surface area contributed by atoms with Crippen LogP contribution >= 0.6 is 0 Å². The summed E-state index contributed by atoms with van der Waals surface area (Å²) in [7, 11) is 1.68. The molecule has 0 amide bonds.